The maximum Gasteiger partial charge on any atom is 0.0456 e. The van der Waals surface area contributed by atoms with Crippen LogP contribution in [-0.2, 0) is 13.0 Å². The van der Waals surface area contributed by atoms with Crippen molar-refractivity contribution in [1.82, 2.24) is 15.3 Å². The van der Waals surface area contributed by atoms with Crippen LogP contribution in [0.5, 0.6) is 0 Å². The lowest BCUT2D eigenvalue weighted by molar-refractivity contribution is 0.688. The lowest BCUT2D eigenvalue weighted by atomic mass is 10.0. The third-order valence-corrected chi connectivity index (χ3v) is 4.50. The summed E-state index contributed by atoms with van der Waals surface area (Å²) >= 11 is 0. The Morgan fingerprint density at radius 3 is 2.76 bits per heavy atom. The van der Waals surface area contributed by atoms with Crippen LogP contribution in [-0.4, -0.2) is 16.5 Å². The van der Waals surface area contributed by atoms with Crippen molar-refractivity contribution in [2.24, 2.45) is 0 Å². The minimum atomic E-state index is 0.871. The minimum absolute atomic E-state index is 0.871. The first-order valence-corrected chi connectivity index (χ1v) is 8.65. The molecule has 0 amide bonds. The average Bonchev–Trinajstić information content (AvgIpc) is 3.09. The molecule has 0 saturated carbocycles. The maximum atomic E-state index is 4.20. The van der Waals surface area contributed by atoms with E-state index in [9.17, 15) is 0 Å². The van der Waals surface area contributed by atoms with Crippen molar-refractivity contribution in [3.63, 3.8) is 0 Å². The van der Waals surface area contributed by atoms with E-state index in [1.807, 2.05) is 12.3 Å². The van der Waals surface area contributed by atoms with Gasteiger partial charge >= 0.3 is 0 Å². The highest BCUT2D eigenvalue weighted by molar-refractivity contribution is 5.83. The van der Waals surface area contributed by atoms with Gasteiger partial charge in [-0.15, -0.1) is 0 Å². The average molecular weight is 327 g/mol. The molecule has 0 atom stereocenters. The summed E-state index contributed by atoms with van der Waals surface area (Å²) in [4.78, 5) is 7.54. The zero-order valence-electron chi connectivity index (χ0n) is 14.1. The van der Waals surface area contributed by atoms with Gasteiger partial charge in [-0.1, -0.05) is 42.5 Å². The number of hydrogen-bond acceptors (Lipinski definition) is 2. The normalized spacial score (nSPS) is 11.0. The molecule has 0 aliphatic heterocycles. The summed E-state index contributed by atoms with van der Waals surface area (Å²) < 4.78 is 0. The second kappa shape index (κ2) is 7.32. The molecule has 2 N–H and O–H groups in total. The summed E-state index contributed by atoms with van der Waals surface area (Å²) in [5.41, 5.74) is 6.24. The van der Waals surface area contributed by atoms with Gasteiger partial charge < -0.3 is 10.3 Å². The molecule has 0 saturated heterocycles. The predicted octanol–water partition coefficient (Wildman–Crippen LogP) is 4.56. The van der Waals surface area contributed by atoms with Crippen molar-refractivity contribution in [2.75, 3.05) is 6.54 Å². The Morgan fingerprint density at radius 2 is 1.84 bits per heavy atom. The second-order valence-electron chi connectivity index (χ2n) is 6.23. The van der Waals surface area contributed by atoms with Gasteiger partial charge in [0.1, 0.15) is 0 Å². The molecular formula is C22H21N3. The monoisotopic (exact) mass is 327 g/mol. The molecule has 2 aromatic heterocycles. The molecule has 2 heterocycles. The van der Waals surface area contributed by atoms with Gasteiger partial charge in [-0.25, -0.2) is 0 Å². The van der Waals surface area contributed by atoms with Gasteiger partial charge in [-0.3, -0.25) is 4.98 Å². The number of nitrogens with zero attached hydrogens (tertiary/aromatic N) is 1. The molecule has 4 aromatic rings. The zero-order valence-corrected chi connectivity index (χ0v) is 14.1. The number of aromatic amines is 1. The van der Waals surface area contributed by atoms with Gasteiger partial charge in [0.15, 0.2) is 0 Å². The molecule has 0 unspecified atom stereocenters. The Kier molecular flexibility index (Phi) is 4.57. The number of rotatable bonds is 6. The summed E-state index contributed by atoms with van der Waals surface area (Å²) in [6.45, 7) is 1.83. The quantitative estimate of drug-likeness (QED) is 0.510. The molecule has 0 radical (unpaired) electrons. The maximum absolute atomic E-state index is 4.20. The summed E-state index contributed by atoms with van der Waals surface area (Å²) in [6.07, 6.45) is 6.85. The Labute approximate surface area is 147 Å². The molecule has 0 aliphatic rings. The van der Waals surface area contributed by atoms with Crippen LogP contribution < -0.4 is 5.32 Å². The smallest absolute Gasteiger partial charge is 0.0456 e. The van der Waals surface area contributed by atoms with Crippen LogP contribution in [0.2, 0.25) is 0 Å². The lowest BCUT2D eigenvalue weighted by Crippen LogP contribution is -2.16. The predicted molar refractivity (Wildman–Crippen MR) is 103 cm³/mol. The van der Waals surface area contributed by atoms with Crippen LogP contribution in [0.25, 0.3) is 22.0 Å². The summed E-state index contributed by atoms with van der Waals surface area (Å²) in [6, 6.07) is 21.2. The number of pyridine rings is 1. The first-order chi connectivity index (χ1) is 12.4. The van der Waals surface area contributed by atoms with Crippen LogP contribution in [0.1, 0.15) is 11.1 Å². The zero-order chi connectivity index (χ0) is 16.9. The lowest BCUT2D eigenvalue weighted by Gasteiger charge is -2.07. The molecule has 4 rings (SSSR count). The number of aromatic nitrogens is 2. The Bertz CT molecular complexity index is 957. The van der Waals surface area contributed by atoms with Crippen molar-refractivity contribution >= 4 is 10.9 Å². The van der Waals surface area contributed by atoms with Gasteiger partial charge in [0.05, 0.1) is 0 Å². The molecule has 3 nitrogen and oxygen atoms in total. The van der Waals surface area contributed by atoms with E-state index in [0.717, 1.165) is 25.1 Å². The highest BCUT2D eigenvalue weighted by Crippen LogP contribution is 2.20. The Balaban J connectivity index is 1.36. The molecule has 0 fully saturated rings. The fraction of sp³-hybridized carbons (Fsp3) is 0.136. The standard InChI is InChI=1S/C22H21N3/c1-2-9-22-21(8-1)20(16-25-22)10-12-24-14-17-5-3-6-18(13-17)19-7-4-11-23-15-19/h1-9,11,13,15-16,24-25H,10,12,14H2. The largest absolute Gasteiger partial charge is 0.361 e. The molecular weight excluding hydrogens is 306 g/mol. The van der Waals surface area contributed by atoms with Crippen LogP contribution in [0.15, 0.2) is 79.3 Å². The van der Waals surface area contributed by atoms with E-state index in [0.29, 0.717) is 0 Å². The molecule has 0 bridgehead atoms. The fourth-order valence-corrected chi connectivity index (χ4v) is 3.19. The van der Waals surface area contributed by atoms with E-state index in [-0.39, 0.29) is 0 Å². The van der Waals surface area contributed by atoms with Crippen LogP contribution in [0.4, 0.5) is 0 Å². The number of fused-ring (bicyclic) bond motifs is 1. The molecule has 3 heteroatoms. The van der Waals surface area contributed by atoms with Gasteiger partial charge in [0, 0.05) is 36.0 Å². The van der Waals surface area contributed by atoms with E-state index >= 15 is 0 Å². The number of para-hydroxylation sites is 1. The van der Waals surface area contributed by atoms with Crippen molar-refractivity contribution in [1.29, 1.82) is 0 Å². The van der Waals surface area contributed by atoms with Crippen molar-refractivity contribution < 1.29 is 0 Å². The summed E-state index contributed by atoms with van der Waals surface area (Å²) in [5.74, 6) is 0. The third kappa shape index (κ3) is 3.62. The first kappa shape index (κ1) is 15.6. The van der Waals surface area contributed by atoms with Crippen molar-refractivity contribution in [3.8, 4) is 11.1 Å². The Morgan fingerprint density at radius 1 is 0.920 bits per heavy atom. The molecule has 2 aromatic carbocycles. The van der Waals surface area contributed by atoms with Gasteiger partial charge in [0.25, 0.3) is 0 Å². The van der Waals surface area contributed by atoms with Gasteiger partial charge in [-0.2, -0.15) is 0 Å². The minimum Gasteiger partial charge on any atom is -0.361 e. The van der Waals surface area contributed by atoms with E-state index in [1.165, 1.54) is 27.6 Å². The topological polar surface area (TPSA) is 40.7 Å². The van der Waals surface area contributed by atoms with E-state index in [4.69, 9.17) is 0 Å². The number of H-pyrrole nitrogens is 1. The second-order valence-corrected chi connectivity index (χ2v) is 6.23. The highest BCUT2D eigenvalue weighted by Gasteiger charge is 2.03. The van der Waals surface area contributed by atoms with Crippen LogP contribution in [0.3, 0.4) is 0 Å². The number of hydrogen-bond donors (Lipinski definition) is 2. The van der Waals surface area contributed by atoms with E-state index in [1.54, 1.807) is 6.20 Å². The van der Waals surface area contributed by atoms with Crippen molar-refractivity contribution in [2.45, 2.75) is 13.0 Å². The van der Waals surface area contributed by atoms with Crippen LogP contribution in [0, 0.1) is 0 Å². The van der Waals surface area contributed by atoms with Gasteiger partial charge in [0.2, 0.25) is 0 Å². The Hall–Kier alpha value is -2.91. The SMILES string of the molecule is c1cncc(-c2cccc(CNCCc3c[nH]c4ccccc34)c2)c1. The highest BCUT2D eigenvalue weighted by atomic mass is 14.8. The molecule has 124 valence electrons. The fourth-order valence-electron chi connectivity index (χ4n) is 3.19. The number of benzene rings is 2. The molecule has 0 aliphatic carbocycles. The van der Waals surface area contributed by atoms with Crippen molar-refractivity contribution in [3.05, 3.63) is 90.4 Å². The van der Waals surface area contributed by atoms with Gasteiger partial charge in [-0.05, 0) is 53.4 Å². The third-order valence-electron chi connectivity index (χ3n) is 4.50. The number of nitrogens with one attached hydrogen (secondary N) is 2. The van der Waals surface area contributed by atoms with Crippen LogP contribution >= 0.6 is 0 Å². The first-order valence-electron chi connectivity index (χ1n) is 8.65. The van der Waals surface area contributed by atoms with E-state index < -0.39 is 0 Å². The molecule has 0 spiro atoms. The summed E-state index contributed by atoms with van der Waals surface area (Å²) in [7, 11) is 0. The summed E-state index contributed by atoms with van der Waals surface area (Å²) in [5, 5.41) is 4.88. The molecule has 25 heavy (non-hydrogen) atoms. The van der Waals surface area contributed by atoms with E-state index in [2.05, 4.69) is 76.1 Å².